The molecule has 2 amide bonds. The number of urea groups is 1. The van der Waals surface area contributed by atoms with Crippen molar-refractivity contribution in [3.05, 3.63) is 70.0 Å². The Kier molecular flexibility index (Phi) is 7.56. The van der Waals surface area contributed by atoms with Crippen LogP contribution >= 0.6 is 0 Å². The summed E-state index contributed by atoms with van der Waals surface area (Å²) < 4.78 is 93.5. The van der Waals surface area contributed by atoms with Crippen LogP contribution in [0, 0.1) is 12.7 Å². The molecule has 1 heterocycles. The van der Waals surface area contributed by atoms with E-state index in [2.05, 4.69) is 5.16 Å². The van der Waals surface area contributed by atoms with Gasteiger partial charge in [0.2, 0.25) is 0 Å². The molecule has 3 rings (SSSR count). The number of likely N-dealkylation sites (tertiary alicyclic amines) is 1. The second-order valence-corrected chi connectivity index (χ2v) is 8.74. The standard InChI is InChI=1S/C24H24F7N3O2/c1-13-8-18(25)4-5-20(13)21-12-19(32-36)6-7-34(21)22(35)33(3)14(2)15-9-16(23(26,27)28)11-17(10-15)24(29,30)31/h4-5,8-11,14,21,36H,6-7,12H2,1-3H3/t14-,21-/m1/s1. The second kappa shape index (κ2) is 9.98. The van der Waals surface area contributed by atoms with E-state index < -0.39 is 47.4 Å². The van der Waals surface area contributed by atoms with E-state index >= 15 is 0 Å². The van der Waals surface area contributed by atoms with Crippen molar-refractivity contribution in [2.24, 2.45) is 5.16 Å². The maximum absolute atomic E-state index is 13.7. The van der Waals surface area contributed by atoms with Gasteiger partial charge in [0.15, 0.2) is 0 Å². The summed E-state index contributed by atoms with van der Waals surface area (Å²) in [7, 11) is 1.28. The quantitative estimate of drug-likeness (QED) is 0.271. The molecule has 1 aliphatic heterocycles. The van der Waals surface area contributed by atoms with Gasteiger partial charge in [0, 0.05) is 26.4 Å². The SMILES string of the molecule is Cc1cc(F)ccc1[C@H]1CC(=NO)CCN1C(=O)N(C)[C@H](C)c1cc(C(F)(F)F)cc(C(F)(F)F)c1. The minimum Gasteiger partial charge on any atom is -0.411 e. The van der Waals surface area contributed by atoms with Crippen LogP contribution in [0.3, 0.4) is 0 Å². The Bertz CT molecular complexity index is 1130. The number of rotatable bonds is 3. The molecule has 12 heteroatoms. The highest BCUT2D eigenvalue weighted by molar-refractivity contribution is 5.88. The van der Waals surface area contributed by atoms with Crippen LogP contribution in [0.2, 0.25) is 0 Å². The summed E-state index contributed by atoms with van der Waals surface area (Å²) in [6.07, 6.45) is -9.70. The summed E-state index contributed by atoms with van der Waals surface area (Å²) in [6, 6.07) is 2.71. The molecule has 36 heavy (non-hydrogen) atoms. The second-order valence-electron chi connectivity index (χ2n) is 8.74. The molecule has 0 unspecified atom stereocenters. The molecule has 2 aromatic rings. The Hall–Kier alpha value is -3.31. The molecule has 0 bridgehead atoms. The number of benzene rings is 2. The van der Waals surface area contributed by atoms with Crippen LogP contribution in [-0.2, 0) is 12.4 Å². The predicted octanol–water partition coefficient (Wildman–Crippen LogP) is 6.95. The maximum atomic E-state index is 13.7. The number of hydrogen-bond acceptors (Lipinski definition) is 3. The van der Waals surface area contributed by atoms with Crippen LogP contribution in [0.1, 0.15) is 59.7 Å². The third-order valence-corrected chi connectivity index (χ3v) is 6.40. The summed E-state index contributed by atoms with van der Waals surface area (Å²) >= 11 is 0. The first kappa shape index (κ1) is 27.3. The average Bonchev–Trinajstić information content (AvgIpc) is 2.81. The van der Waals surface area contributed by atoms with Gasteiger partial charge >= 0.3 is 18.4 Å². The molecule has 0 spiro atoms. The summed E-state index contributed by atoms with van der Waals surface area (Å²) in [5.74, 6) is -0.489. The number of carbonyl (C=O) groups is 1. The number of amides is 2. The van der Waals surface area contributed by atoms with E-state index in [0.717, 1.165) is 4.90 Å². The van der Waals surface area contributed by atoms with Crippen molar-refractivity contribution < 1.29 is 40.7 Å². The zero-order chi connectivity index (χ0) is 27.0. The van der Waals surface area contributed by atoms with Crippen LogP contribution in [0.5, 0.6) is 0 Å². The number of hydrogen-bond donors (Lipinski definition) is 1. The highest BCUT2D eigenvalue weighted by Crippen LogP contribution is 2.39. The molecule has 0 aromatic heterocycles. The van der Waals surface area contributed by atoms with Crippen LogP contribution in [-0.4, -0.2) is 40.3 Å². The Morgan fingerprint density at radius 2 is 1.67 bits per heavy atom. The molecule has 5 nitrogen and oxygen atoms in total. The Labute approximate surface area is 202 Å². The van der Waals surface area contributed by atoms with Gasteiger partial charge < -0.3 is 15.0 Å². The van der Waals surface area contributed by atoms with E-state index in [4.69, 9.17) is 0 Å². The van der Waals surface area contributed by atoms with E-state index in [9.17, 15) is 40.7 Å². The molecule has 1 N–H and O–H groups in total. The summed E-state index contributed by atoms with van der Waals surface area (Å²) in [6.45, 7) is 3.04. The van der Waals surface area contributed by atoms with Crippen molar-refractivity contribution in [1.29, 1.82) is 0 Å². The molecule has 0 saturated carbocycles. The van der Waals surface area contributed by atoms with Gasteiger partial charge in [-0.3, -0.25) is 0 Å². The monoisotopic (exact) mass is 519 g/mol. The number of piperidine rings is 1. The average molecular weight is 519 g/mol. The smallest absolute Gasteiger partial charge is 0.411 e. The molecule has 0 radical (unpaired) electrons. The van der Waals surface area contributed by atoms with E-state index in [1.54, 1.807) is 6.92 Å². The van der Waals surface area contributed by atoms with Crippen LogP contribution < -0.4 is 0 Å². The van der Waals surface area contributed by atoms with E-state index in [0.29, 0.717) is 29.0 Å². The Morgan fingerprint density at radius 1 is 1.08 bits per heavy atom. The van der Waals surface area contributed by atoms with Crippen molar-refractivity contribution >= 4 is 11.7 Å². The van der Waals surface area contributed by atoms with Crippen LogP contribution in [0.15, 0.2) is 41.6 Å². The Balaban J connectivity index is 1.98. The predicted molar refractivity (Wildman–Crippen MR) is 117 cm³/mol. The van der Waals surface area contributed by atoms with Gasteiger partial charge in [-0.2, -0.15) is 26.3 Å². The lowest BCUT2D eigenvalue weighted by molar-refractivity contribution is -0.143. The third-order valence-electron chi connectivity index (χ3n) is 6.40. The summed E-state index contributed by atoms with van der Waals surface area (Å²) in [5.41, 5.74) is -1.78. The number of carbonyl (C=O) groups excluding carboxylic acids is 1. The lowest BCUT2D eigenvalue weighted by Gasteiger charge is -2.40. The van der Waals surface area contributed by atoms with E-state index in [-0.39, 0.29) is 31.0 Å². The molecular formula is C24H24F7N3O2. The third kappa shape index (κ3) is 5.73. The highest BCUT2D eigenvalue weighted by atomic mass is 19.4. The molecule has 1 saturated heterocycles. The molecular weight excluding hydrogens is 495 g/mol. The number of nitrogens with zero attached hydrogens (tertiary/aromatic N) is 3. The van der Waals surface area contributed by atoms with Crippen molar-refractivity contribution in [2.75, 3.05) is 13.6 Å². The first-order valence-corrected chi connectivity index (χ1v) is 10.9. The fourth-order valence-electron chi connectivity index (χ4n) is 4.26. The first-order valence-electron chi connectivity index (χ1n) is 10.9. The van der Waals surface area contributed by atoms with Gasteiger partial charge in [0.05, 0.1) is 28.9 Å². The van der Waals surface area contributed by atoms with Gasteiger partial charge in [0.1, 0.15) is 5.82 Å². The highest BCUT2D eigenvalue weighted by Gasteiger charge is 2.39. The van der Waals surface area contributed by atoms with E-state index in [1.165, 1.54) is 37.1 Å². The molecule has 1 fully saturated rings. The summed E-state index contributed by atoms with van der Waals surface area (Å²) in [4.78, 5) is 15.9. The minimum atomic E-state index is -5.02. The van der Waals surface area contributed by atoms with Crippen molar-refractivity contribution in [3.63, 3.8) is 0 Å². The van der Waals surface area contributed by atoms with E-state index in [1.807, 2.05) is 0 Å². The minimum absolute atomic E-state index is 0.0335. The number of halogens is 7. The van der Waals surface area contributed by atoms with Crippen molar-refractivity contribution in [1.82, 2.24) is 9.80 Å². The normalized spacial score (nSPS) is 18.9. The number of aryl methyl sites for hydroxylation is 1. The van der Waals surface area contributed by atoms with Crippen molar-refractivity contribution in [3.8, 4) is 0 Å². The topological polar surface area (TPSA) is 56.1 Å². The largest absolute Gasteiger partial charge is 0.416 e. The molecule has 2 atom stereocenters. The van der Waals surface area contributed by atoms with Crippen LogP contribution in [0.4, 0.5) is 35.5 Å². The molecule has 1 aliphatic rings. The lowest BCUT2D eigenvalue weighted by atomic mass is 9.91. The number of oxime groups is 1. The molecule has 0 aliphatic carbocycles. The van der Waals surface area contributed by atoms with Crippen molar-refractivity contribution in [2.45, 2.75) is 51.1 Å². The molecule has 2 aromatic carbocycles. The number of alkyl halides is 6. The fraction of sp³-hybridized carbons (Fsp3) is 0.417. The lowest BCUT2D eigenvalue weighted by Crippen LogP contribution is -2.48. The first-order chi connectivity index (χ1) is 16.6. The van der Waals surface area contributed by atoms with Gasteiger partial charge in [-0.05, 0) is 60.9 Å². The fourth-order valence-corrected chi connectivity index (χ4v) is 4.26. The van der Waals surface area contributed by atoms with Gasteiger partial charge in [-0.1, -0.05) is 11.2 Å². The van der Waals surface area contributed by atoms with Crippen LogP contribution in [0.25, 0.3) is 0 Å². The van der Waals surface area contributed by atoms with Gasteiger partial charge in [-0.25, -0.2) is 9.18 Å². The zero-order valence-electron chi connectivity index (χ0n) is 19.6. The Morgan fingerprint density at radius 3 is 2.17 bits per heavy atom. The summed E-state index contributed by atoms with van der Waals surface area (Å²) in [5, 5.41) is 12.5. The zero-order valence-corrected chi connectivity index (χ0v) is 19.6. The van der Waals surface area contributed by atoms with Gasteiger partial charge in [-0.15, -0.1) is 0 Å². The van der Waals surface area contributed by atoms with Gasteiger partial charge in [0.25, 0.3) is 0 Å². The molecule has 196 valence electrons. The maximum Gasteiger partial charge on any atom is 0.416 e.